The number of benzene rings is 1. The maximum Gasteiger partial charge on any atom is 0.218 e. The summed E-state index contributed by atoms with van der Waals surface area (Å²) in [5.41, 5.74) is 3.91. The van der Waals surface area contributed by atoms with E-state index >= 15 is 0 Å². The number of nitrogens with zero attached hydrogens (tertiary/aromatic N) is 1. The lowest BCUT2D eigenvalue weighted by atomic mass is 9.99. The molecule has 1 aromatic heterocycles. The molecule has 1 aromatic carbocycles. The first kappa shape index (κ1) is 14.2. The number of hydrogen-bond donors (Lipinski definition) is 2. The van der Waals surface area contributed by atoms with Crippen LogP contribution in [0.2, 0.25) is 0 Å². The van der Waals surface area contributed by atoms with Crippen molar-refractivity contribution in [3.05, 3.63) is 53.5 Å². The molecule has 5 nitrogen and oxygen atoms in total. The van der Waals surface area contributed by atoms with Crippen molar-refractivity contribution in [3.8, 4) is 11.6 Å². The number of halogens is 1. The predicted molar refractivity (Wildman–Crippen MR) is 72.9 cm³/mol. The fraction of sp³-hybridized carbons (Fsp3) is 0.214. The average molecular weight is 277 g/mol. The zero-order valence-corrected chi connectivity index (χ0v) is 11.3. The molecule has 1 atom stereocenters. The van der Waals surface area contributed by atoms with Crippen LogP contribution in [-0.2, 0) is 0 Å². The number of hydrazine groups is 1. The molecule has 0 spiro atoms. The van der Waals surface area contributed by atoms with Crippen molar-refractivity contribution in [2.45, 2.75) is 6.04 Å². The molecular formula is C14H16FN3O2. The van der Waals surface area contributed by atoms with Gasteiger partial charge in [-0.05, 0) is 24.3 Å². The van der Waals surface area contributed by atoms with Crippen LogP contribution in [0.25, 0.3) is 0 Å². The monoisotopic (exact) mass is 277 g/mol. The van der Waals surface area contributed by atoms with E-state index in [1.54, 1.807) is 24.4 Å². The van der Waals surface area contributed by atoms with Crippen LogP contribution in [0.3, 0.4) is 0 Å². The summed E-state index contributed by atoms with van der Waals surface area (Å²) in [6.45, 7) is 0. The quantitative estimate of drug-likeness (QED) is 0.644. The number of nitrogens with one attached hydrogen (secondary N) is 1. The van der Waals surface area contributed by atoms with Gasteiger partial charge in [-0.3, -0.25) is 5.84 Å². The molecule has 0 aliphatic carbocycles. The zero-order chi connectivity index (χ0) is 14.5. The van der Waals surface area contributed by atoms with Crippen molar-refractivity contribution >= 4 is 0 Å². The zero-order valence-electron chi connectivity index (χ0n) is 11.3. The summed E-state index contributed by atoms with van der Waals surface area (Å²) < 4.78 is 24.0. The maximum atomic E-state index is 13.5. The molecule has 1 heterocycles. The molecule has 0 bridgehead atoms. The summed E-state index contributed by atoms with van der Waals surface area (Å²) in [5, 5.41) is 0. The minimum absolute atomic E-state index is 0.371. The first-order valence-electron chi connectivity index (χ1n) is 5.99. The Balaban J connectivity index is 2.55. The summed E-state index contributed by atoms with van der Waals surface area (Å²) in [4.78, 5) is 4.12. The molecule has 0 saturated carbocycles. The largest absolute Gasteiger partial charge is 0.496 e. The molecule has 106 valence electrons. The second-order valence-corrected chi connectivity index (χ2v) is 4.09. The molecule has 2 aromatic rings. The van der Waals surface area contributed by atoms with Crippen LogP contribution in [0.1, 0.15) is 17.2 Å². The molecule has 0 saturated heterocycles. The van der Waals surface area contributed by atoms with E-state index in [9.17, 15) is 4.39 Å². The Morgan fingerprint density at radius 2 is 2.00 bits per heavy atom. The number of ether oxygens (including phenoxy) is 2. The topological polar surface area (TPSA) is 69.4 Å². The molecule has 6 heteroatoms. The van der Waals surface area contributed by atoms with Crippen molar-refractivity contribution in [3.63, 3.8) is 0 Å². The van der Waals surface area contributed by atoms with Crippen LogP contribution in [-0.4, -0.2) is 19.2 Å². The molecule has 3 N–H and O–H groups in total. The fourth-order valence-corrected chi connectivity index (χ4v) is 2.07. The summed E-state index contributed by atoms with van der Waals surface area (Å²) in [5.74, 6) is 6.20. The molecule has 0 radical (unpaired) electrons. The van der Waals surface area contributed by atoms with Gasteiger partial charge < -0.3 is 9.47 Å². The van der Waals surface area contributed by atoms with Crippen LogP contribution in [0.5, 0.6) is 11.6 Å². The predicted octanol–water partition coefficient (Wildman–Crippen LogP) is 1.79. The fourth-order valence-electron chi connectivity index (χ4n) is 2.07. The van der Waals surface area contributed by atoms with Crippen LogP contribution in [0.15, 0.2) is 36.5 Å². The van der Waals surface area contributed by atoms with Crippen molar-refractivity contribution in [1.82, 2.24) is 10.4 Å². The van der Waals surface area contributed by atoms with E-state index in [1.165, 1.54) is 26.4 Å². The van der Waals surface area contributed by atoms with Gasteiger partial charge in [0.15, 0.2) is 0 Å². The highest BCUT2D eigenvalue weighted by atomic mass is 19.1. The molecule has 2 rings (SSSR count). The summed E-state index contributed by atoms with van der Waals surface area (Å²) in [6, 6.07) is 7.32. The van der Waals surface area contributed by atoms with Crippen LogP contribution in [0, 0.1) is 5.82 Å². The minimum atomic E-state index is -0.496. The SMILES string of the molecule is COc1ccc(F)cc1C(NN)c1cccnc1OC. The standard InChI is InChI=1S/C14H16FN3O2/c1-19-12-6-5-9(15)8-11(12)13(18-16)10-4-3-7-17-14(10)20-2/h3-8,13,18H,16H2,1-2H3. The summed E-state index contributed by atoms with van der Waals surface area (Å²) in [7, 11) is 3.03. The highest BCUT2D eigenvalue weighted by Crippen LogP contribution is 2.33. The van der Waals surface area contributed by atoms with Crippen molar-refractivity contribution in [2.24, 2.45) is 5.84 Å². The van der Waals surface area contributed by atoms with Gasteiger partial charge in [-0.25, -0.2) is 14.8 Å². The number of aromatic nitrogens is 1. The third-order valence-corrected chi connectivity index (χ3v) is 2.97. The number of hydrogen-bond acceptors (Lipinski definition) is 5. The summed E-state index contributed by atoms with van der Waals surface area (Å²) >= 11 is 0. The Morgan fingerprint density at radius 1 is 1.20 bits per heavy atom. The van der Waals surface area contributed by atoms with Gasteiger partial charge in [-0.2, -0.15) is 0 Å². The molecular weight excluding hydrogens is 261 g/mol. The molecule has 20 heavy (non-hydrogen) atoms. The number of rotatable bonds is 5. The number of methoxy groups -OCH3 is 2. The van der Waals surface area contributed by atoms with E-state index in [0.29, 0.717) is 22.8 Å². The first-order valence-corrected chi connectivity index (χ1v) is 5.99. The van der Waals surface area contributed by atoms with Gasteiger partial charge in [0.25, 0.3) is 0 Å². The lowest BCUT2D eigenvalue weighted by molar-refractivity contribution is 0.382. The van der Waals surface area contributed by atoms with Crippen molar-refractivity contribution < 1.29 is 13.9 Å². The van der Waals surface area contributed by atoms with E-state index < -0.39 is 6.04 Å². The Labute approximate surface area is 116 Å². The van der Waals surface area contributed by atoms with Gasteiger partial charge in [-0.15, -0.1) is 0 Å². The van der Waals surface area contributed by atoms with Gasteiger partial charge >= 0.3 is 0 Å². The Bertz CT molecular complexity index is 592. The third kappa shape index (κ3) is 2.71. The Kier molecular flexibility index (Phi) is 4.49. The van der Waals surface area contributed by atoms with E-state index in [-0.39, 0.29) is 5.82 Å². The molecule has 0 aliphatic rings. The average Bonchev–Trinajstić information content (AvgIpc) is 2.49. The van der Waals surface area contributed by atoms with E-state index in [0.717, 1.165) is 0 Å². The molecule has 1 unspecified atom stereocenters. The Morgan fingerprint density at radius 3 is 2.65 bits per heavy atom. The second-order valence-electron chi connectivity index (χ2n) is 4.09. The lowest BCUT2D eigenvalue weighted by Crippen LogP contribution is -2.29. The van der Waals surface area contributed by atoms with Crippen LogP contribution in [0.4, 0.5) is 4.39 Å². The summed E-state index contributed by atoms with van der Waals surface area (Å²) in [6.07, 6.45) is 1.61. The van der Waals surface area contributed by atoms with E-state index in [4.69, 9.17) is 15.3 Å². The maximum absolute atomic E-state index is 13.5. The van der Waals surface area contributed by atoms with Gasteiger partial charge in [0.1, 0.15) is 11.6 Å². The second kappa shape index (κ2) is 6.31. The number of nitrogens with two attached hydrogens (primary N) is 1. The van der Waals surface area contributed by atoms with Crippen molar-refractivity contribution in [2.75, 3.05) is 14.2 Å². The van der Waals surface area contributed by atoms with Gasteiger partial charge in [0, 0.05) is 17.3 Å². The van der Waals surface area contributed by atoms with E-state index in [2.05, 4.69) is 10.4 Å². The highest BCUT2D eigenvalue weighted by molar-refractivity contribution is 5.44. The van der Waals surface area contributed by atoms with Crippen LogP contribution < -0.4 is 20.7 Å². The molecule has 0 aliphatic heterocycles. The van der Waals surface area contributed by atoms with Crippen molar-refractivity contribution in [1.29, 1.82) is 0 Å². The molecule has 0 fully saturated rings. The molecule has 0 amide bonds. The highest BCUT2D eigenvalue weighted by Gasteiger charge is 2.21. The normalized spacial score (nSPS) is 12.0. The minimum Gasteiger partial charge on any atom is -0.496 e. The van der Waals surface area contributed by atoms with Gasteiger partial charge in [0.2, 0.25) is 5.88 Å². The lowest BCUT2D eigenvalue weighted by Gasteiger charge is -2.20. The van der Waals surface area contributed by atoms with Crippen LogP contribution >= 0.6 is 0 Å². The first-order chi connectivity index (χ1) is 9.71. The Hall–Kier alpha value is -2.18. The van der Waals surface area contributed by atoms with Gasteiger partial charge in [0.05, 0.1) is 20.3 Å². The van der Waals surface area contributed by atoms with Gasteiger partial charge in [-0.1, -0.05) is 6.07 Å². The van der Waals surface area contributed by atoms with E-state index in [1.807, 2.05) is 0 Å². The third-order valence-electron chi connectivity index (χ3n) is 2.97. The smallest absolute Gasteiger partial charge is 0.218 e. The number of pyridine rings is 1.